The summed E-state index contributed by atoms with van der Waals surface area (Å²) in [5.74, 6) is 0. The van der Waals surface area contributed by atoms with Crippen molar-refractivity contribution in [3.05, 3.63) is 29.8 Å². The fraction of sp³-hybridized carbons (Fsp3) is 0.860. The van der Waals surface area contributed by atoms with Crippen LogP contribution in [-0.2, 0) is 16.5 Å². The lowest BCUT2D eigenvalue weighted by molar-refractivity contribution is 0.314. The Morgan fingerprint density at radius 3 is 1.08 bits per heavy atom. The van der Waals surface area contributed by atoms with E-state index in [1.165, 1.54) is 199 Å². The van der Waals surface area contributed by atoms with E-state index < -0.39 is 10.1 Å². The van der Waals surface area contributed by atoms with Crippen LogP contribution in [0.15, 0.2) is 29.2 Å². The van der Waals surface area contributed by atoms with Gasteiger partial charge in [0.1, 0.15) is 0 Å². The standard InChI is InChI=1S/C25H53N.C18H30O3S/c1-4-6-8-10-12-14-16-18-20-22-24-26(3)25-23-21-19-17-15-13-11-9-7-5-2;1-2-3-4-5-6-7-8-9-10-11-14-17-15-12-13-16-18(17)22(19,20)21/h4-25H2,1-3H3;12-13,15-16H,2-11,14H2,1H3,(H,19,20,21). The minimum absolute atomic E-state index is 0.0610. The second-order valence-electron chi connectivity index (χ2n) is 14.7. The highest BCUT2D eigenvalue weighted by atomic mass is 32.2. The van der Waals surface area contributed by atoms with Crippen molar-refractivity contribution in [1.82, 2.24) is 4.90 Å². The Labute approximate surface area is 301 Å². The number of hydrogen-bond donors (Lipinski definition) is 1. The third-order valence-electron chi connectivity index (χ3n) is 9.84. The van der Waals surface area contributed by atoms with E-state index in [1.807, 2.05) is 6.07 Å². The van der Waals surface area contributed by atoms with E-state index in [9.17, 15) is 13.0 Å². The Balaban J connectivity index is 0.000000932. The van der Waals surface area contributed by atoms with Gasteiger partial charge in [0, 0.05) is 0 Å². The van der Waals surface area contributed by atoms with Gasteiger partial charge in [-0.1, -0.05) is 212 Å². The molecule has 0 atom stereocenters. The maximum absolute atomic E-state index is 11.3. The number of benzene rings is 1. The molecule has 284 valence electrons. The zero-order valence-corrected chi connectivity index (χ0v) is 33.6. The zero-order chi connectivity index (χ0) is 35.4. The van der Waals surface area contributed by atoms with E-state index in [4.69, 9.17) is 0 Å². The van der Waals surface area contributed by atoms with Gasteiger partial charge in [-0.15, -0.1) is 0 Å². The fourth-order valence-electron chi connectivity index (χ4n) is 6.62. The molecule has 48 heavy (non-hydrogen) atoms. The minimum Gasteiger partial charge on any atom is -0.306 e. The molecule has 5 heteroatoms. The highest BCUT2D eigenvalue weighted by molar-refractivity contribution is 7.85. The second kappa shape index (κ2) is 35.9. The van der Waals surface area contributed by atoms with Gasteiger partial charge in [0.05, 0.1) is 4.90 Å². The van der Waals surface area contributed by atoms with Gasteiger partial charge in [0.25, 0.3) is 10.1 Å². The largest absolute Gasteiger partial charge is 0.306 e. The summed E-state index contributed by atoms with van der Waals surface area (Å²) in [6.45, 7) is 9.46. The first-order valence-corrected chi connectivity index (χ1v) is 22.5. The summed E-state index contributed by atoms with van der Waals surface area (Å²) in [7, 11) is -1.78. The molecule has 0 bridgehead atoms. The van der Waals surface area contributed by atoms with Crippen molar-refractivity contribution in [3.63, 3.8) is 0 Å². The Morgan fingerprint density at radius 2 is 0.750 bits per heavy atom. The molecule has 1 rings (SSSR count). The topological polar surface area (TPSA) is 57.6 Å². The Hall–Kier alpha value is -0.910. The first-order valence-electron chi connectivity index (χ1n) is 21.1. The Bertz CT molecular complexity index is 864. The Morgan fingerprint density at radius 1 is 0.458 bits per heavy atom. The van der Waals surface area contributed by atoms with Crippen molar-refractivity contribution in [2.24, 2.45) is 0 Å². The van der Waals surface area contributed by atoms with Gasteiger partial charge in [-0.25, -0.2) is 0 Å². The molecule has 0 aliphatic rings. The molecule has 0 fully saturated rings. The molecular formula is C43H83NO3S. The molecule has 0 spiro atoms. The molecule has 0 aliphatic heterocycles. The maximum Gasteiger partial charge on any atom is 0.294 e. The first-order chi connectivity index (χ1) is 23.4. The average Bonchev–Trinajstić information content (AvgIpc) is 3.07. The molecule has 1 aromatic rings. The van der Waals surface area contributed by atoms with Crippen LogP contribution in [0.4, 0.5) is 0 Å². The van der Waals surface area contributed by atoms with Gasteiger partial charge in [-0.3, -0.25) is 4.55 Å². The summed E-state index contributed by atoms with van der Waals surface area (Å²) in [6, 6.07) is 6.73. The fourth-order valence-corrected chi connectivity index (χ4v) is 7.37. The van der Waals surface area contributed by atoms with E-state index in [-0.39, 0.29) is 4.90 Å². The van der Waals surface area contributed by atoms with Gasteiger partial charge in [0.15, 0.2) is 0 Å². The molecule has 0 amide bonds. The highest BCUT2D eigenvalue weighted by Gasteiger charge is 2.13. The number of hydrogen-bond acceptors (Lipinski definition) is 3. The van der Waals surface area contributed by atoms with Crippen molar-refractivity contribution in [3.8, 4) is 0 Å². The average molecular weight is 694 g/mol. The summed E-state index contributed by atoms with van der Waals surface area (Å²) in [4.78, 5) is 2.63. The number of unbranched alkanes of at least 4 members (excludes halogenated alkanes) is 27. The lowest BCUT2D eigenvalue weighted by Gasteiger charge is -2.16. The van der Waals surface area contributed by atoms with Crippen molar-refractivity contribution >= 4 is 10.1 Å². The van der Waals surface area contributed by atoms with Crippen LogP contribution < -0.4 is 0 Å². The van der Waals surface area contributed by atoms with E-state index in [2.05, 4.69) is 32.7 Å². The van der Waals surface area contributed by atoms with E-state index in [0.717, 1.165) is 18.4 Å². The summed E-state index contributed by atoms with van der Waals surface area (Å²) < 4.78 is 31.8. The molecule has 0 aromatic heterocycles. The number of aryl methyl sites for hydroxylation is 1. The van der Waals surface area contributed by atoms with Gasteiger partial charge in [0.2, 0.25) is 0 Å². The predicted octanol–water partition coefficient (Wildman–Crippen LogP) is 14.2. The molecule has 0 saturated heterocycles. The molecule has 0 unspecified atom stereocenters. The van der Waals surface area contributed by atoms with E-state index >= 15 is 0 Å². The maximum atomic E-state index is 11.3. The highest BCUT2D eigenvalue weighted by Crippen LogP contribution is 2.19. The molecule has 1 N–H and O–H groups in total. The SMILES string of the molecule is CCCCCCCCCCCCN(C)CCCCCCCCCCCC.CCCCCCCCCCCCc1ccccc1S(=O)(=O)O. The van der Waals surface area contributed by atoms with Crippen LogP contribution >= 0.6 is 0 Å². The number of rotatable bonds is 34. The molecular weight excluding hydrogens is 611 g/mol. The van der Waals surface area contributed by atoms with Gasteiger partial charge in [-0.05, 0) is 57.5 Å². The molecule has 4 nitrogen and oxygen atoms in total. The quantitative estimate of drug-likeness (QED) is 0.0576. The molecule has 0 radical (unpaired) electrons. The third-order valence-corrected chi connectivity index (χ3v) is 10.8. The van der Waals surface area contributed by atoms with Gasteiger partial charge < -0.3 is 4.90 Å². The lowest BCUT2D eigenvalue weighted by atomic mass is 10.0. The smallest absolute Gasteiger partial charge is 0.294 e. The zero-order valence-electron chi connectivity index (χ0n) is 32.8. The lowest BCUT2D eigenvalue weighted by Crippen LogP contribution is -2.20. The summed E-state index contributed by atoms with van der Waals surface area (Å²) >= 11 is 0. The second-order valence-corrected chi connectivity index (χ2v) is 16.1. The van der Waals surface area contributed by atoms with Crippen LogP contribution in [0.1, 0.15) is 219 Å². The van der Waals surface area contributed by atoms with Crippen molar-refractivity contribution in [2.75, 3.05) is 20.1 Å². The summed E-state index contributed by atoms with van der Waals surface area (Å²) in [5, 5.41) is 0. The van der Waals surface area contributed by atoms with E-state index in [0.29, 0.717) is 6.42 Å². The van der Waals surface area contributed by atoms with Crippen molar-refractivity contribution < 1.29 is 13.0 Å². The van der Waals surface area contributed by atoms with Crippen LogP contribution in [0.5, 0.6) is 0 Å². The van der Waals surface area contributed by atoms with Gasteiger partial charge in [-0.2, -0.15) is 8.42 Å². The molecule has 1 aromatic carbocycles. The van der Waals surface area contributed by atoms with Gasteiger partial charge >= 0.3 is 0 Å². The summed E-state index contributed by atoms with van der Waals surface area (Å²) in [5.41, 5.74) is 0.726. The van der Waals surface area contributed by atoms with Crippen LogP contribution in [0.2, 0.25) is 0 Å². The van der Waals surface area contributed by atoms with Crippen molar-refractivity contribution in [2.45, 2.75) is 225 Å². The number of nitrogens with zero attached hydrogens (tertiary/aromatic N) is 1. The molecule has 0 aliphatic carbocycles. The molecule has 0 heterocycles. The van der Waals surface area contributed by atoms with Crippen LogP contribution in [0, 0.1) is 0 Å². The van der Waals surface area contributed by atoms with Crippen molar-refractivity contribution in [1.29, 1.82) is 0 Å². The van der Waals surface area contributed by atoms with Crippen LogP contribution in [0.3, 0.4) is 0 Å². The Kier molecular flexibility index (Phi) is 35.2. The summed E-state index contributed by atoms with van der Waals surface area (Å²) in [6.07, 6.45) is 42.2. The van der Waals surface area contributed by atoms with Crippen LogP contribution in [-0.4, -0.2) is 38.0 Å². The molecule has 0 saturated carbocycles. The predicted molar refractivity (Wildman–Crippen MR) is 213 cm³/mol. The minimum atomic E-state index is -4.10. The first kappa shape index (κ1) is 47.1. The third kappa shape index (κ3) is 32.3. The monoisotopic (exact) mass is 694 g/mol. The van der Waals surface area contributed by atoms with Crippen LogP contribution in [0.25, 0.3) is 0 Å². The van der Waals surface area contributed by atoms with E-state index in [1.54, 1.807) is 12.1 Å². The normalized spacial score (nSPS) is 11.6.